The minimum Gasteiger partial charge on any atom is -0.395 e. The van der Waals surface area contributed by atoms with Crippen molar-refractivity contribution < 1.29 is 5.11 Å². The first-order valence-corrected chi connectivity index (χ1v) is 7.17. The quantitative estimate of drug-likeness (QED) is 0.838. The number of rotatable bonds is 6. The van der Waals surface area contributed by atoms with E-state index >= 15 is 0 Å². The van der Waals surface area contributed by atoms with Crippen LogP contribution in [0.4, 0.5) is 0 Å². The molecule has 1 heterocycles. The first-order valence-electron chi connectivity index (χ1n) is 6.22. The second-order valence-electron chi connectivity index (χ2n) is 4.51. The summed E-state index contributed by atoms with van der Waals surface area (Å²) in [5.74, 6) is 0. The Morgan fingerprint density at radius 1 is 1.22 bits per heavy atom. The van der Waals surface area contributed by atoms with E-state index in [1.165, 1.54) is 11.1 Å². The minimum atomic E-state index is 0.0994. The van der Waals surface area contributed by atoms with Gasteiger partial charge in [-0.15, -0.1) is 0 Å². The van der Waals surface area contributed by atoms with Crippen molar-refractivity contribution in [2.45, 2.75) is 25.4 Å². The van der Waals surface area contributed by atoms with Crippen LogP contribution in [0.25, 0.3) is 0 Å². The summed E-state index contributed by atoms with van der Waals surface area (Å²) in [5, 5.41) is 17.2. The molecule has 2 atom stereocenters. The van der Waals surface area contributed by atoms with E-state index in [1.54, 1.807) is 11.3 Å². The molecule has 2 aromatic rings. The first-order chi connectivity index (χ1) is 8.79. The average molecular weight is 261 g/mol. The fourth-order valence-corrected chi connectivity index (χ4v) is 2.80. The molecule has 18 heavy (non-hydrogen) atoms. The SMILES string of the molecule is CC(N[C@H](CO)Cc1ccccc1)c1ccsc1. The van der Waals surface area contributed by atoms with Gasteiger partial charge in [0.1, 0.15) is 0 Å². The molecule has 3 heteroatoms. The van der Waals surface area contributed by atoms with Gasteiger partial charge in [0.2, 0.25) is 0 Å². The molecule has 2 nitrogen and oxygen atoms in total. The zero-order valence-corrected chi connectivity index (χ0v) is 11.4. The number of benzene rings is 1. The van der Waals surface area contributed by atoms with Crippen molar-refractivity contribution in [2.75, 3.05) is 6.61 Å². The third-order valence-electron chi connectivity index (χ3n) is 3.07. The predicted octanol–water partition coefficient (Wildman–Crippen LogP) is 3.00. The fraction of sp³-hybridized carbons (Fsp3) is 0.333. The van der Waals surface area contributed by atoms with Crippen LogP contribution in [0.2, 0.25) is 0 Å². The Labute approximate surface area is 112 Å². The summed E-state index contributed by atoms with van der Waals surface area (Å²) in [4.78, 5) is 0. The van der Waals surface area contributed by atoms with Crippen LogP contribution >= 0.6 is 11.3 Å². The molecule has 0 saturated heterocycles. The molecule has 0 aliphatic heterocycles. The van der Waals surface area contributed by atoms with E-state index in [4.69, 9.17) is 0 Å². The van der Waals surface area contributed by atoms with Crippen molar-refractivity contribution in [1.29, 1.82) is 0 Å². The molecule has 0 spiro atoms. The van der Waals surface area contributed by atoms with Gasteiger partial charge < -0.3 is 10.4 Å². The number of thiophene rings is 1. The maximum absolute atomic E-state index is 9.47. The third kappa shape index (κ3) is 3.67. The van der Waals surface area contributed by atoms with Crippen LogP contribution in [0.5, 0.6) is 0 Å². The molecule has 0 fully saturated rings. The Hall–Kier alpha value is -1.16. The summed E-state index contributed by atoms with van der Waals surface area (Å²) in [7, 11) is 0. The number of nitrogens with one attached hydrogen (secondary N) is 1. The van der Waals surface area contributed by atoms with Crippen LogP contribution in [-0.4, -0.2) is 17.8 Å². The largest absolute Gasteiger partial charge is 0.395 e. The van der Waals surface area contributed by atoms with E-state index < -0.39 is 0 Å². The summed E-state index contributed by atoms with van der Waals surface area (Å²) in [6.07, 6.45) is 0.853. The second kappa shape index (κ2) is 6.69. The van der Waals surface area contributed by atoms with Crippen molar-refractivity contribution in [3.63, 3.8) is 0 Å². The molecular formula is C15H19NOS. The van der Waals surface area contributed by atoms with Crippen LogP contribution in [-0.2, 0) is 6.42 Å². The molecule has 0 saturated carbocycles. The van der Waals surface area contributed by atoms with E-state index in [0.717, 1.165) is 6.42 Å². The Bertz CT molecular complexity index is 441. The lowest BCUT2D eigenvalue weighted by Gasteiger charge is -2.21. The van der Waals surface area contributed by atoms with E-state index in [9.17, 15) is 5.11 Å². The molecule has 0 bridgehead atoms. The van der Waals surface area contributed by atoms with E-state index in [1.807, 2.05) is 18.2 Å². The summed E-state index contributed by atoms with van der Waals surface area (Å²) in [6.45, 7) is 2.29. The summed E-state index contributed by atoms with van der Waals surface area (Å²) in [5.41, 5.74) is 2.54. The molecular weight excluding hydrogens is 242 g/mol. The van der Waals surface area contributed by atoms with Gasteiger partial charge in [0.05, 0.1) is 6.61 Å². The lowest BCUT2D eigenvalue weighted by molar-refractivity contribution is 0.232. The van der Waals surface area contributed by atoms with E-state index in [0.29, 0.717) is 0 Å². The Morgan fingerprint density at radius 2 is 2.00 bits per heavy atom. The van der Waals surface area contributed by atoms with Gasteiger partial charge in [0, 0.05) is 12.1 Å². The van der Waals surface area contributed by atoms with E-state index in [2.05, 4.69) is 41.2 Å². The van der Waals surface area contributed by atoms with Gasteiger partial charge in [-0.1, -0.05) is 30.3 Å². The zero-order valence-electron chi connectivity index (χ0n) is 10.5. The molecule has 0 radical (unpaired) electrons. The molecule has 2 N–H and O–H groups in total. The maximum Gasteiger partial charge on any atom is 0.0588 e. The van der Waals surface area contributed by atoms with Gasteiger partial charge in [0.15, 0.2) is 0 Å². The molecule has 0 amide bonds. The molecule has 96 valence electrons. The molecule has 0 aliphatic carbocycles. The summed E-state index contributed by atoms with van der Waals surface area (Å²) in [6, 6.07) is 12.8. The van der Waals surface area contributed by atoms with Gasteiger partial charge >= 0.3 is 0 Å². The normalized spacial score (nSPS) is 14.3. The maximum atomic E-state index is 9.47. The minimum absolute atomic E-state index is 0.0994. The molecule has 1 unspecified atom stereocenters. The van der Waals surface area contributed by atoms with Gasteiger partial charge in [-0.05, 0) is 41.3 Å². The lowest BCUT2D eigenvalue weighted by Crippen LogP contribution is -2.36. The average Bonchev–Trinajstić information content (AvgIpc) is 2.93. The highest BCUT2D eigenvalue weighted by molar-refractivity contribution is 7.07. The smallest absolute Gasteiger partial charge is 0.0588 e. The van der Waals surface area contributed by atoms with Gasteiger partial charge in [-0.2, -0.15) is 11.3 Å². The lowest BCUT2D eigenvalue weighted by atomic mass is 10.0. The topological polar surface area (TPSA) is 32.3 Å². The molecule has 0 aliphatic rings. The fourth-order valence-electron chi connectivity index (χ4n) is 2.05. The van der Waals surface area contributed by atoms with Crippen LogP contribution in [0.1, 0.15) is 24.1 Å². The van der Waals surface area contributed by atoms with Crippen molar-refractivity contribution in [3.05, 3.63) is 58.3 Å². The van der Waals surface area contributed by atoms with Crippen LogP contribution in [0.15, 0.2) is 47.2 Å². The van der Waals surface area contributed by atoms with Crippen molar-refractivity contribution in [1.82, 2.24) is 5.32 Å². The molecule has 1 aromatic heterocycles. The first kappa shape index (κ1) is 13.3. The number of hydrogen-bond donors (Lipinski definition) is 2. The highest BCUT2D eigenvalue weighted by Gasteiger charge is 2.13. The van der Waals surface area contributed by atoms with Crippen molar-refractivity contribution in [3.8, 4) is 0 Å². The van der Waals surface area contributed by atoms with Crippen LogP contribution in [0, 0.1) is 0 Å². The predicted molar refractivity (Wildman–Crippen MR) is 76.9 cm³/mol. The number of hydrogen-bond acceptors (Lipinski definition) is 3. The van der Waals surface area contributed by atoms with Gasteiger partial charge in [0.25, 0.3) is 0 Å². The van der Waals surface area contributed by atoms with Crippen molar-refractivity contribution >= 4 is 11.3 Å². The highest BCUT2D eigenvalue weighted by Crippen LogP contribution is 2.16. The molecule has 1 aromatic carbocycles. The highest BCUT2D eigenvalue weighted by atomic mass is 32.1. The Balaban J connectivity index is 1.93. The molecule has 2 rings (SSSR count). The second-order valence-corrected chi connectivity index (χ2v) is 5.29. The van der Waals surface area contributed by atoms with E-state index in [-0.39, 0.29) is 18.7 Å². The summed E-state index contributed by atoms with van der Waals surface area (Å²) >= 11 is 1.70. The third-order valence-corrected chi connectivity index (χ3v) is 3.78. The standard InChI is InChI=1S/C15H19NOS/c1-12(14-7-8-18-11-14)16-15(10-17)9-13-5-3-2-4-6-13/h2-8,11-12,15-17H,9-10H2,1H3/t12?,15-/m0/s1. The van der Waals surface area contributed by atoms with Crippen LogP contribution < -0.4 is 5.32 Å². The summed E-state index contributed by atoms with van der Waals surface area (Å²) < 4.78 is 0. The Kier molecular flexibility index (Phi) is 4.93. The Morgan fingerprint density at radius 3 is 2.61 bits per heavy atom. The zero-order chi connectivity index (χ0) is 12.8. The number of aliphatic hydroxyl groups is 1. The van der Waals surface area contributed by atoms with Gasteiger partial charge in [-0.25, -0.2) is 0 Å². The van der Waals surface area contributed by atoms with Crippen molar-refractivity contribution in [2.24, 2.45) is 0 Å². The number of aliphatic hydroxyl groups excluding tert-OH is 1. The monoisotopic (exact) mass is 261 g/mol. The van der Waals surface area contributed by atoms with Gasteiger partial charge in [-0.3, -0.25) is 0 Å². The van der Waals surface area contributed by atoms with Crippen LogP contribution in [0.3, 0.4) is 0 Å².